The molecule has 0 spiro atoms. The van der Waals surface area contributed by atoms with Crippen LogP contribution in [0.15, 0.2) is 29.6 Å². The number of aromatic nitrogens is 1. The molecule has 0 bridgehead atoms. The summed E-state index contributed by atoms with van der Waals surface area (Å²) in [4.78, 5) is 58.0. The van der Waals surface area contributed by atoms with Crippen LogP contribution in [-0.2, 0) is 20.8 Å². The van der Waals surface area contributed by atoms with Crippen molar-refractivity contribution in [3.8, 4) is 0 Å². The minimum atomic E-state index is -0.650. The molecule has 1 atom stereocenters. The molecule has 4 amide bonds. The largest absolute Gasteiger partial charge is 0.442 e. The lowest BCUT2D eigenvalue weighted by atomic mass is 10.1. The van der Waals surface area contributed by atoms with E-state index in [0.717, 1.165) is 4.90 Å². The van der Waals surface area contributed by atoms with Gasteiger partial charge in [0.2, 0.25) is 5.91 Å². The maximum Gasteiger partial charge on any atom is 0.416 e. The number of imide groups is 1. The van der Waals surface area contributed by atoms with Gasteiger partial charge in [-0.2, -0.15) is 0 Å². The van der Waals surface area contributed by atoms with E-state index in [9.17, 15) is 19.2 Å². The zero-order valence-corrected chi connectivity index (χ0v) is 17.2. The number of morpholine rings is 1. The predicted octanol–water partition coefficient (Wildman–Crippen LogP) is 1.12. The Kier molecular flexibility index (Phi) is 4.91. The SMILES string of the molecule is O=C1COCCN1Cc1csc(N2C[C@H](CN3C(=O)c4ccccc4C3=O)OC2=O)n1. The second kappa shape index (κ2) is 7.75. The normalized spacial score (nSPS) is 21.2. The molecule has 3 aliphatic heterocycles. The standard InChI is InChI=1S/C20H18N4O6S/c25-16-10-29-6-5-22(16)7-12-11-31-19(21-12)24-9-13(30-20(24)28)8-23-17(26)14-3-1-2-4-15(14)18(23)27/h1-4,11,13H,5-10H2/t13-/m0/s1. The molecule has 1 aromatic carbocycles. The summed E-state index contributed by atoms with van der Waals surface area (Å²) >= 11 is 1.27. The molecular formula is C20H18N4O6S. The zero-order chi connectivity index (χ0) is 21.5. The Hall–Kier alpha value is -3.31. The van der Waals surface area contributed by atoms with Gasteiger partial charge in [0.1, 0.15) is 12.7 Å². The summed E-state index contributed by atoms with van der Waals surface area (Å²) in [6.07, 6.45) is -1.23. The van der Waals surface area contributed by atoms with Gasteiger partial charge in [0.05, 0.1) is 43.1 Å². The summed E-state index contributed by atoms with van der Waals surface area (Å²) in [6, 6.07) is 6.63. The highest BCUT2D eigenvalue weighted by molar-refractivity contribution is 7.14. The first-order valence-corrected chi connectivity index (χ1v) is 10.6. The van der Waals surface area contributed by atoms with Gasteiger partial charge in [0, 0.05) is 11.9 Å². The molecule has 1 aromatic heterocycles. The van der Waals surface area contributed by atoms with Crippen LogP contribution in [0, 0.1) is 0 Å². The molecule has 4 heterocycles. The number of fused-ring (bicyclic) bond motifs is 1. The lowest BCUT2D eigenvalue weighted by Crippen LogP contribution is -2.41. The van der Waals surface area contributed by atoms with Crippen molar-refractivity contribution in [3.63, 3.8) is 0 Å². The van der Waals surface area contributed by atoms with Crippen molar-refractivity contribution in [1.29, 1.82) is 0 Å². The van der Waals surface area contributed by atoms with Crippen molar-refractivity contribution in [2.75, 3.05) is 37.7 Å². The van der Waals surface area contributed by atoms with Crippen LogP contribution in [0.4, 0.5) is 9.93 Å². The van der Waals surface area contributed by atoms with Crippen LogP contribution >= 0.6 is 11.3 Å². The summed E-state index contributed by atoms with van der Waals surface area (Å²) < 4.78 is 10.5. The van der Waals surface area contributed by atoms with Gasteiger partial charge >= 0.3 is 6.09 Å². The van der Waals surface area contributed by atoms with E-state index in [0.29, 0.717) is 41.6 Å². The topological polar surface area (TPSA) is 109 Å². The highest BCUT2D eigenvalue weighted by atomic mass is 32.1. The lowest BCUT2D eigenvalue weighted by Gasteiger charge is -2.25. The molecule has 2 saturated heterocycles. The Bertz CT molecular complexity index is 1050. The third-order valence-corrected chi connectivity index (χ3v) is 6.26. The number of carbonyl (C=O) groups is 4. The highest BCUT2D eigenvalue weighted by Gasteiger charge is 2.41. The van der Waals surface area contributed by atoms with Crippen molar-refractivity contribution in [2.24, 2.45) is 0 Å². The van der Waals surface area contributed by atoms with E-state index in [-0.39, 0.29) is 37.4 Å². The number of thiazole rings is 1. The number of nitrogens with zero attached hydrogens (tertiary/aromatic N) is 4. The van der Waals surface area contributed by atoms with E-state index in [1.165, 1.54) is 16.2 Å². The third kappa shape index (κ3) is 3.55. The van der Waals surface area contributed by atoms with Gasteiger partial charge in [-0.05, 0) is 12.1 Å². The molecule has 0 radical (unpaired) electrons. The second-order valence-corrected chi connectivity index (χ2v) is 8.21. The molecule has 160 valence electrons. The summed E-state index contributed by atoms with van der Waals surface area (Å²) in [5.74, 6) is -0.869. The summed E-state index contributed by atoms with van der Waals surface area (Å²) in [5, 5.41) is 2.24. The number of carbonyl (C=O) groups excluding carboxylic acids is 4. The van der Waals surface area contributed by atoms with Crippen LogP contribution in [0.1, 0.15) is 26.4 Å². The minimum absolute atomic E-state index is 0.0188. The van der Waals surface area contributed by atoms with Crippen LogP contribution in [0.5, 0.6) is 0 Å². The van der Waals surface area contributed by atoms with Gasteiger partial charge < -0.3 is 14.4 Å². The molecule has 31 heavy (non-hydrogen) atoms. The van der Waals surface area contributed by atoms with E-state index >= 15 is 0 Å². The summed E-state index contributed by atoms with van der Waals surface area (Å²) in [5.41, 5.74) is 1.39. The van der Waals surface area contributed by atoms with Crippen LogP contribution in [-0.4, -0.2) is 77.6 Å². The molecule has 3 aliphatic rings. The third-order valence-electron chi connectivity index (χ3n) is 5.35. The summed E-state index contributed by atoms with van der Waals surface area (Å²) in [6.45, 7) is 1.56. The van der Waals surface area contributed by atoms with Gasteiger partial charge in [-0.15, -0.1) is 11.3 Å². The molecule has 0 saturated carbocycles. The fraction of sp³-hybridized carbons (Fsp3) is 0.350. The van der Waals surface area contributed by atoms with Crippen molar-refractivity contribution in [3.05, 3.63) is 46.5 Å². The first kappa shape index (κ1) is 19.6. The number of amides is 4. The van der Waals surface area contributed by atoms with Crippen LogP contribution in [0.25, 0.3) is 0 Å². The van der Waals surface area contributed by atoms with Crippen LogP contribution < -0.4 is 4.90 Å². The predicted molar refractivity (Wildman–Crippen MR) is 108 cm³/mol. The van der Waals surface area contributed by atoms with Gasteiger partial charge in [0.15, 0.2) is 5.13 Å². The Morgan fingerprint density at radius 2 is 1.84 bits per heavy atom. The molecule has 2 fully saturated rings. The van der Waals surface area contributed by atoms with E-state index in [1.54, 1.807) is 34.5 Å². The number of anilines is 1. The molecule has 5 rings (SSSR count). The lowest BCUT2D eigenvalue weighted by molar-refractivity contribution is -0.143. The Balaban J connectivity index is 1.24. The van der Waals surface area contributed by atoms with Crippen LogP contribution in [0.3, 0.4) is 0 Å². The van der Waals surface area contributed by atoms with Crippen molar-refractivity contribution >= 4 is 40.3 Å². The van der Waals surface area contributed by atoms with Crippen molar-refractivity contribution in [2.45, 2.75) is 12.6 Å². The maximum atomic E-state index is 12.5. The average molecular weight is 442 g/mol. The Morgan fingerprint density at radius 1 is 1.10 bits per heavy atom. The average Bonchev–Trinajstić information content (AvgIpc) is 3.44. The molecule has 0 unspecified atom stereocenters. The van der Waals surface area contributed by atoms with Gasteiger partial charge in [-0.25, -0.2) is 14.7 Å². The number of ether oxygens (including phenoxy) is 2. The van der Waals surface area contributed by atoms with E-state index in [2.05, 4.69) is 4.98 Å². The fourth-order valence-electron chi connectivity index (χ4n) is 3.79. The fourth-order valence-corrected chi connectivity index (χ4v) is 4.60. The monoisotopic (exact) mass is 442 g/mol. The molecule has 0 N–H and O–H groups in total. The first-order valence-electron chi connectivity index (χ1n) is 9.74. The molecule has 11 heteroatoms. The molecule has 0 aliphatic carbocycles. The van der Waals surface area contributed by atoms with E-state index < -0.39 is 12.2 Å². The number of benzene rings is 1. The van der Waals surface area contributed by atoms with Crippen molar-refractivity contribution < 1.29 is 28.7 Å². The number of rotatable bonds is 5. The van der Waals surface area contributed by atoms with Crippen molar-refractivity contribution in [1.82, 2.24) is 14.8 Å². The number of hydrogen-bond acceptors (Lipinski definition) is 8. The molecular weight excluding hydrogens is 424 g/mol. The zero-order valence-electron chi connectivity index (χ0n) is 16.4. The Labute approximate surface area is 180 Å². The Morgan fingerprint density at radius 3 is 2.55 bits per heavy atom. The number of cyclic esters (lactones) is 1. The summed E-state index contributed by atoms with van der Waals surface area (Å²) in [7, 11) is 0. The number of hydrogen-bond donors (Lipinski definition) is 0. The van der Waals surface area contributed by atoms with E-state index in [1.807, 2.05) is 0 Å². The van der Waals surface area contributed by atoms with Gasteiger partial charge in [-0.3, -0.25) is 19.3 Å². The molecule has 2 aromatic rings. The molecule has 10 nitrogen and oxygen atoms in total. The minimum Gasteiger partial charge on any atom is -0.442 e. The van der Waals surface area contributed by atoms with Gasteiger partial charge in [0.25, 0.3) is 11.8 Å². The van der Waals surface area contributed by atoms with Gasteiger partial charge in [-0.1, -0.05) is 12.1 Å². The second-order valence-electron chi connectivity index (χ2n) is 7.37. The smallest absolute Gasteiger partial charge is 0.416 e. The van der Waals surface area contributed by atoms with Crippen LogP contribution in [0.2, 0.25) is 0 Å². The first-order chi connectivity index (χ1) is 15.0. The maximum absolute atomic E-state index is 12.5. The quantitative estimate of drug-likeness (QED) is 0.639. The van der Waals surface area contributed by atoms with E-state index in [4.69, 9.17) is 9.47 Å². The highest BCUT2D eigenvalue weighted by Crippen LogP contribution is 2.28.